The molecule has 0 heterocycles. The van der Waals surface area contributed by atoms with Crippen LogP contribution < -0.4 is 0 Å². The highest BCUT2D eigenvalue weighted by Crippen LogP contribution is 2.55. The topological polar surface area (TPSA) is 0 Å². The van der Waals surface area contributed by atoms with Crippen molar-refractivity contribution in [2.45, 2.75) is 0 Å². The number of hydrogen-bond acceptors (Lipinski definition) is 0. The summed E-state index contributed by atoms with van der Waals surface area (Å²) in [5.74, 6) is 0. The van der Waals surface area contributed by atoms with E-state index in [0.717, 1.165) is 14.5 Å². The molecule has 0 saturated heterocycles. The van der Waals surface area contributed by atoms with E-state index in [2.05, 4.69) is 107 Å². The van der Waals surface area contributed by atoms with Gasteiger partial charge in [0.2, 0.25) is 0 Å². The van der Waals surface area contributed by atoms with Crippen molar-refractivity contribution in [3.05, 3.63) is 130 Å². The molecule has 0 bridgehead atoms. The fraction of sp³-hybridized carbons (Fsp3) is 0. The van der Waals surface area contributed by atoms with Gasteiger partial charge in [0.1, 0.15) is 0 Å². The summed E-state index contributed by atoms with van der Waals surface area (Å²) in [5.41, 5.74) is 4.84. The molecule has 0 unspecified atom stereocenters. The number of fused-ring (bicyclic) bond motifs is 6. The smallest absolute Gasteiger partial charge is 0.0406 e. The zero-order valence-corrected chi connectivity index (χ0v) is 24.7. The van der Waals surface area contributed by atoms with Crippen molar-refractivity contribution < 1.29 is 0 Å². The zero-order valence-electron chi connectivity index (χ0n) is 21.6. The van der Waals surface area contributed by atoms with E-state index in [1.165, 1.54) is 86.9 Å². The van der Waals surface area contributed by atoms with Crippen LogP contribution in [0.1, 0.15) is 0 Å². The molecular weight excluding hydrogens is 607 g/mol. The summed E-state index contributed by atoms with van der Waals surface area (Å²) in [6.45, 7) is 0. The Morgan fingerprint density at radius 2 is 0.780 bits per heavy atom. The van der Waals surface area contributed by atoms with Crippen molar-refractivity contribution >= 4 is 104 Å². The lowest BCUT2D eigenvalue weighted by atomic mass is 9.87. The minimum Gasteiger partial charge on any atom is -0.0843 e. The highest BCUT2D eigenvalue weighted by molar-refractivity contribution is 9.10. The Bertz CT molecular complexity index is 2340. The van der Waals surface area contributed by atoms with Crippen LogP contribution in [0.3, 0.4) is 0 Å². The lowest BCUT2D eigenvalue weighted by molar-refractivity contribution is 1.68. The summed E-state index contributed by atoms with van der Waals surface area (Å²) in [4.78, 5) is 0. The molecule has 0 nitrogen and oxygen atoms in total. The molecule has 0 amide bonds. The van der Waals surface area contributed by atoms with Crippen molar-refractivity contribution in [2.24, 2.45) is 0 Å². The van der Waals surface area contributed by atoms with Crippen LogP contribution in [0.4, 0.5) is 0 Å². The van der Waals surface area contributed by atoms with Crippen LogP contribution in [0.25, 0.3) is 86.9 Å². The molecule has 3 heteroatoms. The van der Waals surface area contributed by atoms with Crippen LogP contribution in [-0.4, -0.2) is 0 Å². The molecule has 192 valence electrons. The molecule has 9 aromatic carbocycles. The van der Waals surface area contributed by atoms with Crippen molar-refractivity contribution in [1.29, 1.82) is 0 Å². The third-order valence-corrected chi connectivity index (χ3v) is 9.93. The molecule has 0 aliphatic carbocycles. The van der Waals surface area contributed by atoms with Gasteiger partial charge in [-0.2, -0.15) is 0 Å². The fourth-order valence-corrected chi connectivity index (χ4v) is 7.90. The van der Waals surface area contributed by atoms with Crippen LogP contribution in [0.2, 0.25) is 10.0 Å². The second-order valence-corrected chi connectivity index (χ2v) is 12.5. The van der Waals surface area contributed by atoms with Gasteiger partial charge in [-0.25, -0.2) is 0 Å². The van der Waals surface area contributed by atoms with E-state index in [9.17, 15) is 0 Å². The van der Waals surface area contributed by atoms with Crippen molar-refractivity contribution in [3.8, 4) is 22.3 Å². The van der Waals surface area contributed by atoms with Gasteiger partial charge in [0.05, 0.1) is 0 Å². The highest BCUT2D eigenvalue weighted by Gasteiger charge is 2.27. The van der Waals surface area contributed by atoms with Crippen LogP contribution in [-0.2, 0) is 0 Å². The average molecular weight is 626 g/mol. The first kappa shape index (κ1) is 23.8. The molecule has 41 heavy (non-hydrogen) atoms. The third-order valence-electron chi connectivity index (χ3n) is 8.74. The maximum absolute atomic E-state index is 6.43. The van der Waals surface area contributed by atoms with E-state index in [0.29, 0.717) is 0 Å². The lowest BCUT2D eigenvalue weighted by Gasteiger charge is -2.15. The zero-order chi connectivity index (χ0) is 27.4. The normalized spacial score (nSPS) is 12.3. The SMILES string of the molecule is Clc1ccc(-c2c3c4cccc5cccc(c3c(-c3ccc(Cl)cc3)c3c6ccc(Br)c7cccc(c23)c76)c54)cc1. The first-order valence-electron chi connectivity index (χ1n) is 13.6. The lowest BCUT2D eigenvalue weighted by Crippen LogP contribution is -1.88. The van der Waals surface area contributed by atoms with Crippen molar-refractivity contribution in [2.75, 3.05) is 0 Å². The third kappa shape index (κ3) is 3.17. The first-order chi connectivity index (χ1) is 20.1. The molecule has 0 aliphatic rings. The largest absolute Gasteiger partial charge is 0.0843 e. The summed E-state index contributed by atoms with van der Waals surface area (Å²) in [7, 11) is 0. The van der Waals surface area contributed by atoms with Gasteiger partial charge in [0.25, 0.3) is 0 Å². The van der Waals surface area contributed by atoms with Crippen LogP contribution in [0, 0.1) is 0 Å². The number of rotatable bonds is 2. The van der Waals surface area contributed by atoms with Crippen molar-refractivity contribution in [3.63, 3.8) is 0 Å². The van der Waals surface area contributed by atoms with E-state index < -0.39 is 0 Å². The minimum absolute atomic E-state index is 0.736. The van der Waals surface area contributed by atoms with Gasteiger partial charge in [-0.05, 0) is 117 Å². The predicted octanol–water partition coefficient (Wildman–Crippen LogP) is 12.9. The number of benzene rings is 7. The molecule has 0 radical (unpaired) electrons. The quantitative estimate of drug-likeness (QED) is 0.179. The summed E-state index contributed by atoms with van der Waals surface area (Å²) in [6, 6.07) is 41.2. The molecular formula is C38H19BrCl2. The second-order valence-electron chi connectivity index (χ2n) is 10.8. The molecule has 0 spiro atoms. The number of hydrogen-bond donors (Lipinski definition) is 0. The first-order valence-corrected chi connectivity index (χ1v) is 15.2. The van der Waals surface area contributed by atoms with Gasteiger partial charge in [0.15, 0.2) is 0 Å². The Morgan fingerprint density at radius 3 is 1.29 bits per heavy atom. The highest BCUT2D eigenvalue weighted by atomic mass is 79.9. The predicted molar refractivity (Wildman–Crippen MR) is 182 cm³/mol. The van der Waals surface area contributed by atoms with Gasteiger partial charge in [-0.1, -0.05) is 124 Å². The van der Waals surface area contributed by atoms with E-state index in [-0.39, 0.29) is 0 Å². The fourth-order valence-electron chi connectivity index (χ4n) is 7.18. The Morgan fingerprint density at radius 1 is 0.366 bits per heavy atom. The summed E-state index contributed by atoms with van der Waals surface area (Å²) in [5, 5.41) is 16.8. The molecule has 0 aliphatic heterocycles. The molecule has 0 N–H and O–H groups in total. The van der Waals surface area contributed by atoms with Crippen LogP contribution >= 0.6 is 39.1 Å². The average Bonchev–Trinajstić information content (AvgIpc) is 3.51. The summed E-state index contributed by atoms with van der Waals surface area (Å²) in [6.07, 6.45) is 0. The standard InChI is InChI=1S/C38H19BrCl2/c39-30-19-18-29-34-25(30)6-3-9-28(34)37-32(21-10-14-23(40)15-11-21)35-26-7-1-4-20-5-2-8-27(31(20)26)36(35)33(38(29)37)22-12-16-24(41)17-13-22/h1-19H. The van der Waals surface area contributed by atoms with Gasteiger partial charge >= 0.3 is 0 Å². The Balaban J connectivity index is 1.69. The van der Waals surface area contributed by atoms with Gasteiger partial charge in [0, 0.05) is 14.5 Å². The molecule has 0 atom stereocenters. The molecule has 9 rings (SSSR count). The molecule has 0 aromatic heterocycles. The maximum atomic E-state index is 6.43. The van der Waals surface area contributed by atoms with E-state index >= 15 is 0 Å². The monoisotopic (exact) mass is 624 g/mol. The maximum Gasteiger partial charge on any atom is 0.0406 e. The van der Waals surface area contributed by atoms with Crippen molar-refractivity contribution in [1.82, 2.24) is 0 Å². The molecule has 0 saturated carbocycles. The van der Waals surface area contributed by atoms with Crippen LogP contribution in [0.5, 0.6) is 0 Å². The summed E-state index contributed by atoms with van der Waals surface area (Å²) < 4.78 is 1.11. The minimum atomic E-state index is 0.736. The van der Waals surface area contributed by atoms with E-state index in [1.807, 2.05) is 24.3 Å². The van der Waals surface area contributed by atoms with E-state index in [1.54, 1.807) is 0 Å². The Hall–Kier alpha value is -3.88. The summed E-state index contributed by atoms with van der Waals surface area (Å²) >= 11 is 16.7. The van der Waals surface area contributed by atoms with Gasteiger partial charge in [-0.3, -0.25) is 0 Å². The Kier molecular flexibility index (Phi) is 4.97. The van der Waals surface area contributed by atoms with Crippen LogP contribution in [0.15, 0.2) is 120 Å². The second kappa shape index (κ2) is 8.57. The Labute approximate surface area is 254 Å². The van der Waals surface area contributed by atoms with Gasteiger partial charge < -0.3 is 0 Å². The van der Waals surface area contributed by atoms with Gasteiger partial charge in [-0.15, -0.1) is 0 Å². The molecule has 0 fully saturated rings. The molecule has 9 aromatic rings. The van der Waals surface area contributed by atoms with E-state index in [4.69, 9.17) is 23.2 Å². The number of halogens is 3.